The average Bonchev–Trinajstić information content (AvgIpc) is 2.64. The van der Waals surface area contributed by atoms with Gasteiger partial charge < -0.3 is 15.0 Å². The van der Waals surface area contributed by atoms with Crippen molar-refractivity contribution in [3.63, 3.8) is 0 Å². The summed E-state index contributed by atoms with van der Waals surface area (Å²) in [5.74, 6) is 1.09. The summed E-state index contributed by atoms with van der Waals surface area (Å²) in [5.41, 5.74) is 6.89. The molecule has 0 saturated heterocycles. The van der Waals surface area contributed by atoms with Gasteiger partial charge in [0.1, 0.15) is 11.4 Å². The summed E-state index contributed by atoms with van der Waals surface area (Å²) in [6, 6.07) is 5.21. The van der Waals surface area contributed by atoms with Gasteiger partial charge in [-0.3, -0.25) is 0 Å². The second-order valence-corrected chi connectivity index (χ2v) is 3.39. The van der Waals surface area contributed by atoms with Gasteiger partial charge in [-0.05, 0) is 18.2 Å². The highest BCUT2D eigenvalue weighted by molar-refractivity contribution is 6.30. The number of benzene rings is 1. The van der Waals surface area contributed by atoms with Crippen molar-refractivity contribution in [1.29, 1.82) is 0 Å². The molecule has 15 heavy (non-hydrogen) atoms. The van der Waals surface area contributed by atoms with Gasteiger partial charge in [0.25, 0.3) is 0 Å². The lowest BCUT2D eigenvalue weighted by atomic mass is 10.1. The van der Waals surface area contributed by atoms with Gasteiger partial charge >= 0.3 is 0 Å². The molecule has 4 nitrogen and oxygen atoms in total. The Morgan fingerprint density at radius 3 is 2.87 bits per heavy atom. The summed E-state index contributed by atoms with van der Waals surface area (Å²) in [7, 11) is 1.56. The SMILES string of the molecule is COc1cc(Cl)ccc1-c1oncc1N. The van der Waals surface area contributed by atoms with Crippen molar-refractivity contribution >= 4 is 17.3 Å². The number of aromatic nitrogens is 1. The monoisotopic (exact) mass is 224 g/mol. The average molecular weight is 225 g/mol. The maximum atomic E-state index is 5.84. The molecule has 0 fully saturated rings. The quantitative estimate of drug-likeness (QED) is 0.852. The summed E-state index contributed by atoms with van der Waals surface area (Å²) >= 11 is 5.84. The molecule has 2 rings (SSSR count). The molecule has 2 N–H and O–H groups in total. The summed E-state index contributed by atoms with van der Waals surface area (Å²) in [6.07, 6.45) is 1.45. The second-order valence-electron chi connectivity index (χ2n) is 2.95. The predicted molar refractivity (Wildman–Crippen MR) is 57.9 cm³/mol. The van der Waals surface area contributed by atoms with E-state index >= 15 is 0 Å². The van der Waals surface area contributed by atoms with Gasteiger partial charge in [0.15, 0.2) is 5.76 Å². The highest BCUT2D eigenvalue weighted by Gasteiger charge is 2.13. The van der Waals surface area contributed by atoms with E-state index in [2.05, 4.69) is 5.16 Å². The van der Waals surface area contributed by atoms with Crippen LogP contribution in [0.1, 0.15) is 0 Å². The number of nitrogens with two attached hydrogens (primary N) is 1. The lowest BCUT2D eigenvalue weighted by molar-refractivity contribution is 0.406. The number of halogens is 1. The van der Waals surface area contributed by atoms with Crippen LogP contribution in [0.25, 0.3) is 11.3 Å². The minimum absolute atomic E-state index is 0.468. The van der Waals surface area contributed by atoms with Crippen molar-refractivity contribution in [3.05, 3.63) is 29.4 Å². The van der Waals surface area contributed by atoms with Crippen molar-refractivity contribution in [3.8, 4) is 17.1 Å². The fraction of sp³-hybridized carbons (Fsp3) is 0.100. The van der Waals surface area contributed by atoms with E-state index in [1.54, 1.807) is 25.3 Å². The maximum absolute atomic E-state index is 5.84. The second kappa shape index (κ2) is 3.82. The van der Waals surface area contributed by atoms with Gasteiger partial charge in [0.2, 0.25) is 0 Å². The zero-order valence-electron chi connectivity index (χ0n) is 8.03. The largest absolute Gasteiger partial charge is 0.496 e. The van der Waals surface area contributed by atoms with Gasteiger partial charge in [-0.25, -0.2) is 0 Å². The number of nitrogen functional groups attached to an aromatic ring is 1. The first kappa shape index (κ1) is 9.86. The van der Waals surface area contributed by atoms with Crippen LogP contribution in [-0.4, -0.2) is 12.3 Å². The third kappa shape index (κ3) is 1.76. The number of nitrogens with zero attached hydrogens (tertiary/aromatic N) is 1. The van der Waals surface area contributed by atoms with Crippen LogP contribution >= 0.6 is 11.6 Å². The van der Waals surface area contributed by atoms with E-state index in [0.29, 0.717) is 22.2 Å². The normalized spacial score (nSPS) is 10.3. The van der Waals surface area contributed by atoms with Crippen molar-refractivity contribution in [2.45, 2.75) is 0 Å². The van der Waals surface area contributed by atoms with Crippen molar-refractivity contribution in [1.82, 2.24) is 5.16 Å². The van der Waals surface area contributed by atoms with E-state index in [1.165, 1.54) is 6.20 Å². The molecule has 1 aromatic carbocycles. The van der Waals surface area contributed by atoms with E-state index in [1.807, 2.05) is 0 Å². The molecule has 0 aliphatic carbocycles. The topological polar surface area (TPSA) is 61.3 Å². The fourth-order valence-electron chi connectivity index (χ4n) is 1.30. The van der Waals surface area contributed by atoms with Crippen LogP contribution in [-0.2, 0) is 0 Å². The molecule has 0 aliphatic heterocycles. The van der Waals surface area contributed by atoms with E-state index in [-0.39, 0.29) is 0 Å². The Morgan fingerprint density at radius 1 is 1.47 bits per heavy atom. The van der Waals surface area contributed by atoms with E-state index in [0.717, 1.165) is 5.56 Å². The lowest BCUT2D eigenvalue weighted by Gasteiger charge is -2.06. The van der Waals surface area contributed by atoms with Crippen LogP contribution in [0.15, 0.2) is 28.9 Å². The van der Waals surface area contributed by atoms with Crippen LogP contribution in [0, 0.1) is 0 Å². The number of ether oxygens (including phenoxy) is 1. The Balaban J connectivity index is 2.58. The highest BCUT2D eigenvalue weighted by atomic mass is 35.5. The first-order valence-corrected chi connectivity index (χ1v) is 4.64. The third-order valence-electron chi connectivity index (χ3n) is 2.01. The zero-order valence-corrected chi connectivity index (χ0v) is 8.78. The van der Waals surface area contributed by atoms with Crippen LogP contribution in [0.2, 0.25) is 5.02 Å². The number of hydrogen-bond donors (Lipinski definition) is 1. The van der Waals surface area contributed by atoms with Gasteiger partial charge in [0, 0.05) is 5.02 Å². The van der Waals surface area contributed by atoms with Crippen LogP contribution in [0.5, 0.6) is 5.75 Å². The van der Waals surface area contributed by atoms with Gasteiger partial charge in [0.05, 0.1) is 18.9 Å². The van der Waals surface area contributed by atoms with Crippen molar-refractivity contribution in [2.75, 3.05) is 12.8 Å². The number of anilines is 1. The minimum Gasteiger partial charge on any atom is -0.496 e. The Kier molecular flexibility index (Phi) is 2.51. The Morgan fingerprint density at radius 2 is 2.27 bits per heavy atom. The summed E-state index contributed by atoms with van der Waals surface area (Å²) < 4.78 is 10.2. The predicted octanol–water partition coefficient (Wildman–Crippen LogP) is 2.59. The number of rotatable bonds is 2. The highest BCUT2D eigenvalue weighted by Crippen LogP contribution is 2.35. The maximum Gasteiger partial charge on any atom is 0.193 e. The fourth-order valence-corrected chi connectivity index (χ4v) is 1.47. The molecule has 0 spiro atoms. The van der Waals surface area contributed by atoms with Crippen molar-refractivity contribution in [2.24, 2.45) is 0 Å². The smallest absolute Gasteiger partial charge is 0.193 e. The van der Waals surface area contributed by atoms with E-state index in [9.17, 15) is 0 Å². The molecule has 0 aliphatic rings. The summed E-state index contributed by atoms with van der Waals surface area (Å²) in [6.45, 7) is 0. The standard InChI is InChI=1S/C10H9ClN2O2/c1-14-9-4-6(11)2-3-7(9)10-8(12)5-13-15-10/h2-5H,12H2,1H3. The minimum atomic E-state index is 0.468. The molecular weight excluding hydrogens is 216 g/mol. The van der Waals surface area contributed by atoms with Crippen molar-refractivity contribution < 1.29 is 9.26 Å². The molecule has 5 heteroatoms. The van der Waals surface area contributed by atoms with Crippen LogP contribution < -0.4 is 10.5 Å². The van der Waals surface area contributed by atoms with Gasteiger partial charge in [-0.2, -0.15) is 0 Å². The Bertz CT molecular complexity index is 482. The Hall–Kier alpha value is -1.68. The van der Waals surface area contributed by atoms with E-state index < -0.39 is 0 Å². The summed E-state index contributed by atoms with van der Waals surface area (Å²) in [5, 5.41) is 4.20. The molecule has 0 saturated carbocycles. The number of methoxy groups -OCH3 is 1. The molecule has 0 amide bonds. The Labute approximate surface area is 91.6 Å². The molecular formula is C10H9ClN2O2. The lowest BCUT2D eigenvalue weighted by Crippen LogP contribution is -1.90. The van der Waals surface area contributed by atoms with Gasteiger partial charge in [-0.1, -0.05) is 16.8 Å². The number of hydrogen-bond acceptors (Lipinski definition) is 4. The third-order valence-corrected chi connectivity index (χ3v) is 2.24. The van der Waals surface area contributed by atoms with E-state index in [4.69, 9.17) is 26.6 Å². The molecule has 2 aromatic rings. The van der Waals surface area contributed by atoms with Gasteiger partial charge in [-0.15, -0.1) is 0 Å². The molecule has 78 valence electrons. The summed E-state index contributed by atoms with van der Waals surface area (Å²) in [4.78, 5) is 0. The zero-order chi connectivity index (χ0) is 10.8. The molecule has 0 radical (unpaired) electrons. The molecule has 1 aromatic heterocycles. The first-order valence-electron chi connectivity index (χ1n) is 4.26. The molecule has 0 unspecified atom stereocenters. The molecule has 0 atom stereocenters. The first-order chi connectivity index (χ1) is 7.22. The molecule has 1 heterocycles. The molecule has 0 bridgehead atoms. The van der Waals surface area contributed by atoms with Crippen LogP contribution in [0.4, 0.5) is 5.69 Å². The van der Waals surface area contributed by atoms with Crippen LogP contribution in [0.3, 0.4) is 0 Å².